The summed E-state index contributed by atoms with van der Waals surface area (Å²) in [7, 11) is 1.57. The number of aryl methyl sites for hydroxylation is 1. The van der Waals surface area contributed by atoms with Crippen molar-refractivity contribution in [2.24, 2.45) is 0 Å². The summed E-state index contributed by atoms with van der Waals surface area (Å²) in [4.78, 5) is 34.2. The molecule has 0 aliphatic carbocycles. The van der Waals surface area contributed by atoms with E-state index >= 15 is 0 Å². The van der Waals surface area contributed by atoms with E-state index in [-0.39, 0.29) is 12.0 Å². The number of anilines is 2. The number of benzene rings is 1. The molecule has 1 N–H and O–H groups in total. The SMILES string of the molecule is COc1cc(NC(=O)c2ccc(N3CCN(C(=O)OC(C)(C)C)CC3)c3ccnnc23)cn2cc(C)nc12. The number of pyridine rings is 1. The van der Waals surface area contributed by atoms with E-state index in [1.807, 2.05) is 50.4 Å². The van der Waals surface area contributed by atoms with E-state index in [0.29, 0.717) is 54.3 Å². The van der Waals surface area contributed by atoms with Crippen LogP contribution in [0, 0.1) is 6.92 Å². The number of methoxy groups -OCH3 is 1. The number of carbonyl (C=O) groups is 2. The first kappa shape index (κ1) is 25.2. The van der Waals surface area contributed by atoms with Gasteiger partial charge in [0.1, 0.15) is 11.1 Å². The van der Waals surface area contributed by atoms with Gasteiger partial charge in [-0.25, -0.2) is 9.78 Å². The highest BCUT2D eigenvalue weighted by Crippen LogP contribution is 2.30. The summed E-state index contributed by atoms with van der Waals surface area (Å²) in [5.41, 5.74) is 3.40. The van der Waals surface area contributed by atoms with Crippen molar-refractivity contribution in [1.29, 1.82) is 0 Å². The Morgan fingerprint density at radius 3 is 2.53 bits per heavy atom. The number of hydrogen-bond acceptors (Lipinski definition) is 8. The van der Waals surface area contributed by atoms with Crippen molar-refractivity contribution in [3.05, 3.63) is 54.1 Å². The van der Waals surface area contributed by atoms with E-state index in [1.54, 1.807) is 36.5 Å². The fraction of sp³-hybridized carbons (Fsp3) is 0.370. The number of piperazine rings is 1. The fourth-order valence-corrected chi connectivity index (χ4v) is 4.59. The zero-order chi connectivity index (χ0) is 27.0. The molecule has 3 aromatic heterocycles. The van der Waals surface area contributed by atoms with Crippen molar-refractivity contribution in [3.63, 3.8) is 0 Å². The Morgan fingerprint density at radius 2 is 1.82 bits per heavy atom. The predicted octanol–water partition coefficient (Wildman–Crippen LogP) is 3.90. The normalized spacial score (nSPS) is 14.1. The van der Waals surface area contributed by atoms with Crippen LogP contribution in [0.4, 0.5) is 16.2 Å². The standard InChI is InChI=1S/C27H31N7O4/c1-17-15-34-16-18(14-22(37-5)24(34)29-17)30-25(35)20-6-7-21(19-8-9-28-31-23(19)20)32-10-12-33(13-11-32)26(36)38-27(2,3)4/h6-9,14-16H,10-13H2,1-5H3,(H,30,35). The van der Waals surface area contributed by atoms with E-state index in [9.17, 15) is 9.59 Å². The molecule has 0 radical (unpaired) electrons. The molecule has 1 aliphatic rings. The second-order valence-corrected chi connectivity index (χ2v) is 10.2. The van der Waals surface area contributed by atoms with Crippen LogP contribution in [0.3, 0.4) is 0 Å². The summed E-state index contributed by atoms with van der Waals surface area (Å²) in [6, 6.07) is 7.29. The first-order valence-corrected chi connectivity index (χ1v) is 12.4. The maximum Gasteiger partial charge on any atom is 0.410 e. The summed E-state index contributed by atoms with van der Waals surface area (Å²) in [5, 5.41) is 12.1. The van der Waals surface area contributed by atoms with E-state index in [2.05, 4.69) is 25.4 Å². The Morgan fingerprint density at radius 1 is 1.05 bits per heavy atom. The Balaban J connectivity index is 1.38. The molecule has 11 heteroatoms. The van der Waals surface area contributed by atoms with E-state index < -0.39 is 5.60 Å². The number of carbonyl (C=O) groups excluding carboxylic acids is 2. The van der Waals surface area contributed by atoms with E-state index in [4.69, 9.17) is 9.47 Å². The van der Waals surface area contributed by atoms with Gasteiger partial charge in [0.15, 0.2) is 11.4 Å². The van der Waals surface area contributed by atoms with Crippen LogP contribution in [0.2, 0.25) is 0 Å². The largest absolute Gasteiger partial charge is 0.493 e. The lowest BCUT2D eigenvalue weighted by Gasteiger charge is -2.37. The highest BCUT2D eigenvalue weighted by Gasteiger charge is 2.27. The maximum atomic E-state index is 13.4. The summed E-state index contributed by atoms with van der Waals surface area (Å²) >= 11 is 0. The zero-order valence-electron chi connectivity index (χ0n) is 22.2. The smallest absolute Gasteiger partial charge is 0.410 e. The number of nitrogens with zero attached hydrogens (tertiary/aromatic N) is 6. The van der Waals surface area contributed by atoms with Crippen LogP contribution in [0.5, 0.6) is 5.75 Å². The number of rotatable bonds is 4. The van der Waals surface area contributed by atoms with Crippen LogP contribution in [0.1, 0.15) is 36.8 Å². The molecule has 198 valence electrons. The van der Waals surface area contributed by atoms with Gasteiger partial charge in [0.05, 0.1) is 30.3 Å². The number of fused-ring (bicyclic) bond motifs is 2. The quantitative estimate of drug-likeness (QED) is 0.434. The Bertz CT molecular complexity index is 1520. The number of imidazole rings is 1. The molecule has 0 bridgehead atoms. The maximum absolute atomic E-state index is 13.4. The molecule has 5 rings (SSSR count). The lowest BCUT2D eigenvalue weighted by atomic mass is 10.1. The van der Waals surface area contributed by atoms with Gasteiger partial charge in [-0.3, -0.25) is 4.79 Å². The van der Waals surface area contributed by atoms with Gasteiger partial charge in [-0.05, 0) is 45.9 Å². The Labute approximate surface area is 220 Å². The molecule has 0 atom stereocenters. The molecule has 0 spiro atoms. The van der Waals surface area contributed by atoms with Gasteiger partial charge < -0.3 is 29.0 Å². The monoisotopic (exact) mass is 517 g/mol. The molecule has 1 fully saturated rings. The molecule has 38 heavy (non-hydrogen) atoms. The third-order valence-electron chi connectivity index (χ3n) is 6.29. The van der Waals surface area contributed by atoms with Gasteiger partial charge in [0.2, 0.25) is 0 Å². The van der Waals surface area contributed by atoms with Crippen molar-refractivity contribution < 1.29 is 19.1 Å². The van der Waals surface area contributed by atoms with Crippen molar-refractivity contribution in [3.8, 4) is 5.75 Å². The van der Waals surface area contributed by atoms with Gasteiger partial charge in [0.25, 0.3) is 5.91 Å². The van der Waals surface area contributed by atoms with Gasteiger partial charge in [-0.1, -0.05) is 0 Å². The van der Waals surface area contributed by atoms with E-state index in [0.717, 1.165) is 16.8 Å². The van der Waals surface area contributed by atoms with Crippen LogP contribution >= 0.6 is 0 Å². The van der Waals surface area contributed by atoms with Gasteiger partial charge in [-0.15, -0.1) is 5.10 Å². The van der Waals surface area contributed by atoms with Crippen LogP contribution < -0.4 is 15.0 Å². The van der Waals surface area contributed by atoms with Crippen molar-refractivity contribution >= 4 is 39.9 Å². The van der Waals surface area contributed by atoms with Crippen LogP contribution in [-0.2, 0) is 4.74 Å². The molecule has 1 aromatic carbocycles. The number of nitrogens with one attached hydrogen (secondary N) is 1. The topological polar surface area (TPSA) is 114 Å². The van der Waals surface area contributed by atoms with Crippen LogP contribution in [0.15, 0.2) is 42.9 Å². The highest BCUT2D eigenvalue weighted by molar-refractivity contribution is 6.13. The molecule has 2 amide bonds. The third-order valence-corrected chi connectivity index (χ3v) is 6.29. The first-order chi connectivity index (χ1) is 18.1. The van der Waals surface area contributed by atoms with Crippen molar-refractivity contribution in [2.75, 3.05) is 43.5 Å². The number of aromatic nitrogens is 4. The van der Waals surface area contributed by atoms with Gasteiger partial charge in [-0.2, -0.15) is 5.10 Å². The summed E-state index contributed by atoms with van der Waals surface area (Å²) in [5.74, 6) is 0.247. The Kier molecular flexibility index (Phi) is 6.52. The van der Waals surface area contributed by atoms with Gasteiger partial charge in [0, 0.05) is 55.7 Å². The minimum atomic E-state index is -0.534. The molecule has 4 aromatic rings. The number of amides is 2. The summed E-state index contributed by atoms with van der Waals surface area (Å²) < 4.78 is 12.8. The second kappa shape index (κ2) is 9.81. The zero-order valence-corrected chi connectivity index (χ0v) is 22.2. The molecular formula is C27H31N7O4. The lowest BCUT2D eigenvalue weighted by molar-refractivity contribution is 0.0240. The highest BCUT2D eigenvalue weighted by atomic mass is 16.6. The summed E-state index contributed by atoms with van der Waals surface area (Å²) in [6.45, 7) is 9.82. The third kappa shape index (κ3) is 5.04. The van der Waals surface area contributed by atoms with Crippen molar-refractivity contribution in [1.82, 2.24) is 24.5 Å². The number of ether oxygens (including phenoxy) is 2. The average Bonchev–Trinajstić information content (AvgIpc) is 3.26. The lowest BCUT2D eigenvalue weighted by Crippen LogP contribution is -2.50. The minimum Gasteiger partial charge on any atom is -0.493 e. The summed E-state index contributed by atoms with van der Waals surface area (Å²) in [6.07, 6.45) is 4.97. The van der Waals surface area contributed by atoms with E-state index in [1.165, 1.54) is 0 Å². The fourth-order valence-electron chi connectivity index (χ4n) is 4.59. The molecule has 1 aliphatic heterocycles. The van der Waals surface area contributed by atoms with Crippen LogP contribution in [-0.4, -0.2) is 75.4 Å². The van der Waals surface area contributed by atoms with Crippen LogP contribution in [0.25, 0.3) is 16.6 Å². The number of hydrogen-bond donors (Lipinski definition) is 1. The molecular weight excluding hydrogens is 486 g/mol. The molecule has 0 unspecified atom stereocenters. The minimum absolute atomic E-state index is 0.305. The molecule has 11 nitrogen and oxygen atoms in total. The average molecular weight is 518 g/mol. The molecule has 4 heterocycles. The molecule has 1 saturated heterocycles. The van der Waals surface area contributed by atoms with Gasteiger partial charge >= 0.3 is 6.09 Å². The Hall–Kier alpha value is -4.41. The first-order valence-electron chi connectivity index (χ1n) is 12.4. The molecule has 0 saturated carbocycles. The predicted molar refractivity (Wildman–Crippen MR) is 144 cm³/mol. The second-order valence-electron chi connectivity index (χ2n) is 10.2. The van der Waals surface area contributed by atoms with Crippen molar-refractivity contribution in [2.45, 2.75) is 33.3 Å².